The maximum absolute atomic E-state index is 10.8. The molecule has 1 amide bonds. The van der Waals surface area contributed by atoms with E-state index in [-0.39, 0.29) is 27.7 Å². The molecule has 0 radical (unpaired) electrons. The average Bonchev–Trinajstić information content (AvgIpc) is 2.22. The SMILES string of the molecule is NC(=O)CC=Cc1cc(Cl)c(Cl)cc1[N+](=O)[O-]. The first-order valence-electron chi connectivity index (χ1n) is 4.50. The van der Waals surface area contributed by atoms with Gasteiger partial charge in [-0.2, -0.15) is 0 Å². The minimum atomic E-state index is -0.577. The van der Waals surface area contributed by atoms with Gasteiger partial charge in [0, 0.05) is 12.5 Å². The van der Waals surface area contributed by atoms with Crippen molar-refractivity contribution in [2.75, 3.05) is 0 Å². The Bertz CT molecular complexity index is 501. The maximum atomic E-state index is 10.8. The third kappa shape index (κ3) is 3.72. The molecule has 1 aromatic rings. The normalized spacial score (nSPS) is 10.7. The number of nitro benzene ring substituents is 1. The minimum absolute atomic E-state index is 0.00258. The van der Waals surface area contributed by atoms with Crippen molar-refractivity contribution in [2.24, 2.45) is 5.73 Å². The Morgan fingerprint density at radius 1 is 1.41 bits per heavy atom. The fourth-order valence-electron chi connectivity index (χ4n) is 1.15. The highest BCUT2D eigenvalue weighted by atomic mass is 35.5. The summed E-state index contributed by atoms with van der Waals surface area (Å²) in [6.07, 6.45) is 2.83. The first kappa shape index (κ1) is 13.5. The first-order chi connectivity index (χ1) is 7.91. The third-order valence-corrected chi connectivity index (χ3v) is 2.60. The Morgan fingerprint density at radius 3 is 2.53 bits per heavy atom. The molecule has 2 N–H and O–H groups in total. The molecule has 5 nitrogen and oxygen atoms in total. The molecule has 0 bridgehead atoms. The lowest BCUT2D eigenvalue weighted by molar-refractivity contribution is -0.385. The van der Waals surface area contributed by atoms with Crippen LogP contribution in [0, 0.1) is 10.1 Å². The van der Waals surface area contributed by atoms with Gasteiger partial charge in [-0.3, -0.25) is 14.9 Å². The number of carbonyl (C=O) groups is 1. The van der Waals surface area contributed by atoms with Crippen molar-refractivity contribution in [2.45, 2.75) is 6.42 Å². The third-order valence-electron chi connectivity index (χ3n) is 1.88. The molecule has 0 heterocycles. The molecule has 90 valence electrons. The summed E-state index contributed by atoms with van der Waals surface area (Å²) in [7, 11) is 0. The van der Waals surface area contributed by atoms with E-state index >= 15 is 0 Å². The van der Waals surface area contributed by atoms with Gasteiger partial charge in [-0.15, -0.1) is 0 Å². The largest absolute Gasteiger partial charge is 0.369 e. The predicted molar refractivity (Wildman–Crippen MR) is 66.0 cm³/mol. The number of primary amides is 1. The lowest BCUT2D eigenvalue weighted by Crippen LogP contribution is -2.07. The number of hydrogen-bond acceptors (Lipinski definition) is 3. The number of carbonyl (C=O) groups excluding carboxylic acids is 1. The van der Waals surface area contributed by atoms with Crippen LogP contribution in [0.5, 0.6) is 0 Å². The molecule has 0 aliphatic heterocycles. The Morgan fingerprint density at radius 2 is 2.00 bits per heavy atom. The van der Waals surface area contributed by atoms with E-state index in [0.29, 0.717) is 0 Å². The topological polar surface area (TPSA) is 86.2 Å². The number of benzene rings is 1. The van der Waals surface area contributed by atoms with Crippen LogP contribution in [0.25, 0.3) is 6.08 Å². The van der Waals surface area contributed by atoms with Crippen LogP contribution in [0.4, 0.5) is 5.69 Å². The molecular formula is C10H8Cl2N2O3. The van der Waals surface area contributed by atoms with Crippen molar-refractivity contribution in [3.8, 4) is 0 Å². The number of hydrogen-bond donors (Lipinski definition) is 1. The van der Waals surface area contributed by atoms with Gasteiger partial charge in [0.2, 0.25) is 5.91 Å². The molecule has 1 aromatic carbocycles. The van der Waals surface area contributed by atoms with Gasteiger partial charge in [0.1, 0.15) is 0 Å². The highest BCUT2D eigenvalue weighted by Gasteiger charge is 2.14. The zero-order chi connectivity index (χ0) is 13.0. The number of nitrogens with zero attached hydrogens (tertiary/aromatic N) is 1. The van der Waals surface area contributed by atoms with E-state index in [2.05, 4.69) is 0 Å². The molecule has 0 unspecified atom stereocenters. The van der Waals surface area contributed by atoms with Gasteiger partial charge in [-0.1, -0.05) is 35.4 Å². The van der Waals surface area contributed by atoms with Crippen molar-refractivity contribution in [1.29, 1.82) is 0 Å². The van der Waals surface area contributed by atoms with Gasteiger partial charge in [-0.25, -0.2) is 0 Å². The van der Waals surface area contributed by atoms with Crippen molar-refractivity contribution >= 4 is 40.9 Å². The highest BCUT2D eigenvalue weighted by molar-refractivity contribution is 6.42. The first-order valence-corrected chi connectivity index (χ1v) is 5.25. The Kier molecular flexibility index (Phi) is 4.48. The van der Waals surface area contributed by atoms with Gasteiger partial charge in [0.15, 0.2) is 0 Å². The standard InChI is InChI=1S/C10H8Cl2N2O3/c11-7-4-6(2-1-3-10(13)15)9(14(16)17)5-8(7)12/h1-2,4-5H,3H2,(H2,13,15). The zero-order valence-electron chi connectivity index (χ0n) is 8.52. The summed E-state index contributed by atoms with van der Waals surface area (Å²) in [6.45, 7) is 0. The number of amides is 1. The molecular weight excluding hydrogens is 267 g/mol. The van der Waals surface area contributed by atoms with Crippen LogP contribution in [-0.4, -0.2) is 10.8 Å². The molecule has 0 aliphatic rings. The van der Waals surface area contributed by atoms with Gasteiger partial charge >= 0.3 is 0 Å². The second kappa shape index (κ2) is 5.65. The molecule has 0 atom stereocenters. The van der Waals surface area contributed by atoms with E-state index in [1.165, 1.54) is 18.2 Å². The van der Waals surface area contributed by atoms with E-state index in [0.717, 1.165) is 6.07 Å². The van der Waals surface area contributed by atoms with Crippen molar-refractivity contribution < 1.29 is 9.72 Å². The maximum Gasteiger partial charge on any atom is 0.278 e. The van der Waals surface area contributed by atoms with E-state index in [4.69, 9.17) is 28.9 Å². The Hall–Kier alpha value is -1.59. The van der Waals surface area contributed by atoms with E-state index in [1.54, 1.807) is 0 Å². The number of halogens is 2. The summed E-state index contributed by atoms with van der Waals surface area (Å²) in [5.41, 5.74) is 5.03. The van der Waals surface area contributed by atoms with Crippen LogP contribution in [-0.2, 0) is 4.79 Å². The van der Waals surface area contributed by atoms with Crippen molar-refractivity contribution in [3.63, 3.8) is 0 Å². The molecule has 0 aromatic heterocycles. The summed E-state index contributed by atoms with van der Waals surface area (Å²) in [5, 5.41) is 11.1. The second-order valence-corrected chi connectivity index (χ2v) is 3.97. The molecule has 7 heteroatoms. The molecule has 1 rings (SSSR count). The van der Waals surface area contributed by atoms with Gasteiger partial charge in [-0.05, 0) is 6.07 Å². The Labute approximate surface area is 107 Å². The summed E-state index contributed by atoms with van der Waals surface area (Å²) in [5.74, 6) is -0.524. The molecule has 17 heavy (non-hydrogen) atoms. The van der Waals surface area contributed by atoms with Crippen LogP contribution < -0.4 is 5.73 Å². The lowest BCUT2D eigenvalue weighted by atomic mass is 10.1. The summed E-state index contributed by atoms with van der Waals surface area (Å²) in [4.78, 5) is 20.7. The molecule has 0 fully saturated rings. The van der Waals surface area contributed by atoms with Gasteiger partial charge in [0.05, 0.1) is 20.5 Å². The second-order valence-electron chi connectivity index (χ2n) is 3.16. The molecule has 0 aliphatic carbocycles. The summed E-state index contributed by atoms with van der Waals surface area (Å²) in [6, 6.07) is 2.52. The van der Waals surface area contributed by atoms with Crippen LogP contribution in [0.1, 0.15) is 12.0 Å². The number of nitro groups is 1. The average molecular weight is 275 g/mol. The van der Waals surface area contributed by atoms with Crippen LogP contribution in [0.2, 0.25) is 10.0 Å². The monoisotopic (exact) mass is 274 g/mol. The number of nitrogens with two attached hydrogens (primary N) is 1. The molecule has 0 saturated carbocycles. The number of rotatable bonds is 4. The van der Waals surface area contributed by atoms with Gasteiger partial charge in [0.25, 0.3) is 5.69 Å². The van der Waals surface area contributed by atoms with E-state index in [1.807, 2.05) is 0 Å². The molecule has 0 spiro atoms. The van der Waals surface area contributed by atoms with Crippen LogP contribution in [0.15, 0.2) is 18.2 Å². The summed E-state index contributed by atoms with van der Waals surface area (Å²) < 4.78 is 0. The quantitative estimate of drug-likeness (QED) is 0.677. The fraction of sp³-hybridized carbons (Fsp3) is 0.100. The van der Waals surface area contributed by atoms with Crippen LogP contribution >= 0.6 is 23.2 Å². The van der Waals surface area contributed by atoms with E-state index < -0.39 is 10.8 Å². The summed E-state index contributed by atoms with van der Waals surface area (Å²) >= 11 is 11.4. The lowest BCUT2D eigenvalue weighted by Gasteiger charge is -2.00. The Balaban J connectivity index is 3.13. The molecule has 0 saturated heterocycles. The smallest absolute Gasteiger partial charge is 0.278 e. The van der Waals surface area contributed by atoms with Crippen molar-refractivity contribution in [3.05, 3.63) is 43.9 Å². The minimum Gasteiger partial charge on any atom is -0.369 e. The highest BCUT2D eigenvalue weighted by Crippen LogP contribution is 2.31. The van der Waals surface area contributed by atoms with E-state index in [9.17, 15) is 14.9 Å². The van der Waals surface area contributed by atoms with Gasteiger partial charge < -0.3 is 5.73 Å². The predicted octanol–water partition coefficient (Wildman–Crippen LogP) is 2.79. The van der Waals surface area contributed by atoms with Crippen LogP contribution in [0.3, 0.4) is 0 Å². The fourth-order valence-corrected chi connectivity index (χ4v) is 1.48. The van der Waals surface area contributed by atoms with Crippen molar-refractivity contribution in [1.82, 2.24) is 0 Å². The zero-order valence-corrected chi connectivity index (χ0v) is 10.0.